The predicted octanol–water partition coefficient (Wildman–Crippen LogP) is 2.93. The second kappa shape index (κ2) is 7.09. The number of aryl methyl sites for hydroxylation is 2. The molecule has 0 amide bonds. The minimum Gasteiger partial charge on any atom is -0.317 e. The Hall–Kier alpha value is -1.26. The highest BCUT2D eigenvalue weighted by Crippen LogP contribution is 2.12. The van der Waals surface area contributed by atoms with Crippen molar-refractivity contribution in [2.45, 2.75) is 38.6 Å². The van der Waals surface area contributed by atoms with Crippen LogP contribution in [0.1, 0.15) is 30.4 Å². The molecule has 0 saturated heterocycles. The van der Waals surface area contributed by atoms with Gasteiger partial charge in [-0.05, 0) is 44.4 Å². The molecule has 86 valence electrons. The monoisotopic (exact) mass is 215 g/mol. The summed E-state index contributed by atoms with van der Waals surface area (Å²) in [5.41, 5.74) is 2.83. The van der Waals surface area contributed by atoms with E-state index >= 15 is 0 Å². The minimum atomic E-state index is 0.538. The molecule has 0 aromatic heterocycles. The zero-order chi connectivity index (χ0) is 11.8. The fourth-order valence-electron chi connectivity index (χ4n) is 1.91. The lowest BCUT2D eigenvalue weighted by atomic mass is 9.99. The molecule has 1 nitrogen and oxygen atoms in total. The van der Waals surface area contributed by atoms with Crippen molar-refractivity contribution in [3.05, 3.63) is 35.4 Å². The molecular formula is C15H21N. The molecule has 1 aromatic rings. The first-order valence-electron chi connectivity index (χ1n) is 5.93. The summed E-state index contributed by atoms with van der Waals surface area (Å²) in [6, 6.07) is 9.12. The van der Waals surface area contributed by atoms with Crippen molar-refractivity contribution >= 4 is 0 Å². The Morgan fingerprint density at radius 2 is 2.06 bits per heavy atom. The van der Waals surface area contributed by atoms with Crippen molar-refractivity contribution in [1.82, 2.24) is 5.32 Å². The van der Waals surface area contributed by atoms with Crippen molar-refractivity contribution in [1.29, 1.82) is 0 Å². The summed E-state index contributed by atoms with van der Waals surface area (Å²) in [7, 11) is 2.01. The fourth-order valence-corrected chi connectivity index (χ4v) is 1.91. The van der Waals surface area contributed by atoms with Gasteiger partial charge in [-0.2, -0.15) is 0 Å². The molecule has 16 heavy (non-hydrogen) atoms. The number of benzene rings is 1. The molecular weight excluding hydrogens is 194 g/mol. The first-order chi connectivity index (χ1) is 7.77. The van der Waals surface area contributed by atoms with E-state index in [2.05, 4.69) is 42.4 Å². The normalized spacial score (nSPS) is 12.1. The number of nitrogens with one attached hydrogen (secondary N) is 1. The van der Waals surface area contributed by atoms with Crippen LogP contribution in [0.4, 0.5) is 0 Å². The molecule has 0 saturated carbocycles. The topological polar surface area (TPSA) is 12.0 Å². The van der Waals surface area contributed by atoms with E-state index in [1.807, 2.05) is 7.05 Å². The van der Waals surface area contributed by atoms with Crippen LogP contribution in [0.15, 0.2) is 24.3 Å². The van der Waals surface area contributed by atoms with Gasteiger partial charge in [0.05, 0.1) is 0 Å². The van der Waals surface area contributed by atoms with E-state index in [4.69, 9.17) is 6.42 Å². The molecule has 0 radical (unpaired) electrons. The predicted molar refractivity (Wildman–Crippen MR) is 70.4 cm³/mol. The Kier molecular flexibility index (Phi) is 5.67. The minimum absolute atomic E-state index is 0.538. The lowest BCUT2D eigenvalue weighted by Gasteiger charge is -2.15. The Labute approximate surface area is 99.3 Å². The van der Waals surface area contributed by atoms with Crippen LogP contribution < -0.4 is 5.32 Å². The van der Waals surface area contributed by atoms with Gasteiger partial charge in [0.2, 0.25) is 0 Å². The zero-order valence-corrected chi connectivity index (χ0v) is 10.3. The summed E-state index contributed by atoms with van der Waals surface area (Å²) < 4.78 is 0. The Balaban J connectivity index is 2.44. The quantitative estimate of drug-likeness (QED) is 0.719. The largest absolute Gasteiger partial charge is 0.317 e. The molecule has 0 heterocycles. The van der Waals surface area contributed by atoms with E-state index < -0.39 is 0 Å². The van der Waals surface area contributed by atoms with Crippen LogP contribution in [0.2, 0.25) is 0 Å². The van der Waals surface area contributed by atoms with Gasteiger partial charge in [0.1, 0.15) is 0 Å². The van der Waals surface area contributed by atoms with E-state index in [1.54, 1.807) is 0 Å². The van der Waals surface area contributed by atoms with E-state index in [0.717, 1.165) is 25.7 Å². The maximum Gasteiger partial charge on any atom is 0.0101 e. The molecule has 0 fully saturated rings. The van der Waals surface area contributed by atoms with Crippen molar-refractivity contribution in [3.8, 4) is 12.3 Å². The summed E-state index contributed by atoms with van der Waals surface area (Å²) in [6.07, 6.45) is 9.50. The lowest BCUT2D eigenvalue weighted by Crippen LogP contribution is -2.25. The molecule has 0 aliphatic carbocycles. The van der Waals surface area contributed by atoms with Gasteiger partial charge in [-0.25, -0.2) is 0 Å². The molecule has 0 spiro atoms. The van der Waals surface area contributed by atoms with Crippen LogP contribution in [0.3, 0.4) is 0 Å². The highest BCUT2D eigenvalue weighted by atomic mass is 14.9. The van der Waals surface area contributed by atoms with Gasteiger partial charge in [0.15, 0.2) is 0 Å². The van der Waals surface area contributed by atoms with Gasteiger partial charge >= 0.3 is 0 Å². The molecule has 1 N–H and O–H groups in total. The van der Waals surface area contributed by atoms with Gasteiger partial charge in [0, 0.05) is 12.5 Å². The average Bonchev–Trinajstić information content (AvgIpc) is 2.31. The van der Waals surface area contributed by atoms with Crippen LogP contribution in [0.5, 0.6) is 0 Å². The summed E-state index contributed by atoms with van der Waals surface area (Å²) >= 11 is 0. The van der Waals surface area contributed by atoms with E-state index in [9.17, 15) is 0 Å². The van der Waals surface area contributed by atoms with Crippen LogP contribution in [0.25, 0.3) is 0 Å². The third-order valence-corrected chi connectivity index (χ3v) is 3.07. The fraction of sp³-hybridized carbons (Fsp3) is 0.467. The van der Waals surface area contributed by atoms with E-state index in [0.29, 0.717) is 6.04 Å². The maximum atomic E-state index is 5.29. The SMILES string of the molecule is C#CCCC(CCc1ccccc1C)NC. The summed E-state index contributed by atoms with van der Waals surface area (Å²) in [5, 5.41) is 3.33. The van der Waals surface area contributed by atoms with Gasteiger partial charge in [0.25, 0.3) is 0 Å². The molecule has 1 heteroatoms. The first kappa shape index (κ1) is 12.8. The smallest absolute Gasteiger partial charge is 0.0101 e. The maximum absolute atomic E-state index is 5.29. The van der Waals surface area contributed by atoms with Crippen LogP contribution in [0, 0.1) is 19.3 Å². The van der Waals surface area contributed by atoms with Crippen molar-refractivity contribution in [2.24, 2.45) is 0 Å². The molecule has 1 atom stereocenters. The summed E-state index contributed by atoms with van der Waals surface area (Å²) in [6.45, 7) is 2.17. The Morgan fingerprint density at radius 1 is 1.31 bits per heavy atom. The molecule has 1 unspecified atom stereocenters. The number of hydrogen-bond donors (Lipinski definition) is 1. The number of terminal acetylenes is 1. The summed E-state index contributed by atoms with van der Waals surface area (Å²) in [4.78, 5) is 0. The third-order valence-electron chi connectivity index (χ3n) is 3.07. The van der Waals surface area contributed by atoms with Gasteiger partial charge in [-0.15, -0.1) is 12.3 Å². The van der Waals surface area contributed by atoms with Crippen LogP contribution >= 0.6 is 0 Å². The molecule has 0 aliphatic heterocycles. The highest BCUT2D eigenvalue weighted by molar-refractivity contribution is 5.25. The van der Waals surface area contributed by atoms with Crippen molar-refractivity contribution in [3.63, 3.8) is 0 Å². The second-order valence-electron chi connectivity index (χ2n) is 4.19. The van der Waals surface area contributed by atoms with Crippen molar-refractivity contribution in [2.75, 3.05) is 7.05 Å². The molecule has 0 bridgehead atoms. The molecule has 1 aromatic carbocycles. The first-order valence-corrected chi connectivity index (χ1v) is 5.93. The highest BCUT2D eigenvalue weighted by Gasteiger charge is 2.06. The second-order valence-corrected chi connectivity index (χ2v) is 4.19. The van der Waals surface area contributed by atoms with Gasteiger partial charge < -0.3 is 5.32 Å². The van der Waals surface area contributed by atoms with Gasteiger partial charge in [-0.1, -0.05) is 24.3 Å². The standard InChI is InChI=1S/C15H21N/c1-4-5-10-15(16-3)12-11-14-9-7-6-8-13(14)2/h1,6-9,15-16H,5,10-12H2,2-3H3. The Morgan fingerprint density at radius 3 is 2.69 bits per heavy atom. The van der Waals surface area contributed by atoms with E-state index in [1.165, 1.54) is 11.1 Å². The number of hydrogen-bond acceptors (Lipinski definition) is 1. The van der Waals surface area contributed by atoms with E-state index in [-0.39, 0.29) is 0 Å². The zero-order valence-electron chi connectivity index (χ0n) is 10.3. The van der Waals surface area contributed by atoms with Crippen molar-refractivity contribution < 1.29 is 0 Å². The molecule has 0 aliphatic rings. The number of rotatable bonds is 6. The van der Waals surface area contributed by atoms with Crippen LogP contribution in [-0.2, 0) is 6.42 Å². The molecule has 1 rings (SSSR count). The average molecular weight is 215 g/mol. The lowest BCUT2D eigenvalue weighted by molar-refractivity contribution is 0.495. The van der Waals surface area contributed by atoms with Gasteiger partial charge in [-0.3, -0.25) is 0 Å². The third kappa shape index (κ3) is 4.08. The van der Waals surface area contributed by atoms with Crippen LogP contribution in [-0.4, -0.2) is 13.1 Å². The Bertz CT molecular complexity index is 349. The summed E-state index contributed by atoms with van der Waals surface area (Å²) in [5.74, 6) is 2.70.